The number of urea groups is 1. The minimum atomic E-state index is -0.843. The maximum absolute atomic E-state index is 11.9. The first-order valence-electron chi connectivity index (χ1n) is 6.17. The van der Waals surface area contributed by atoms with Gasteiger partial charge in [0.25, 0.3) is 0 Å². The minimum absolute atomic E-state index is 0.241. The molecule has 1 unspecified atom stereocenters. The van der Waals surface area contributed by atoms with Gasteiger partial charge in [-0.2, -0.15) is 4.98 Å². The molecule has 104 valence electrons. The van der Waals surface area contributed by atoms with Crippen LogP contribution in [0, 0.1) is 5.92 Å². The molecule has 0 spiro atoms. The highest BCUT2D eigenvalue weighted by atomic mass is 16.5. The van der Waals surface area contributed by atoms with Gasteiger partial charge in [0.15, 0.2) is 5.82 Å². The number of aromatic nitrogens is 2. The Hall–Kier alpha value is -2.12. The van der Waals surface area contributed by atoms with Gasteiger partial charge in [-0.1, -0.05) is 5.16 Å². The molecule has 0 radical (unpaired) electrons. The van der Waals surface area contributed by atoms with Gasteiger partial charge >= 0.3 is 12.0 Å². The summed E-state index contributed by atoms with van der Waals surface area (Å²) in [6, 6.07) is -0.241. The number of piperidine rings is 1. The Kier molecular flexibility index (Phi) is 4.32. The van der Waals surface area contributed by atoms with Crippen molar-refractivity contribution in [2.45, 2.75) is 19.3 Å². The SMILES string of the molecule is O=C(O)C1CCCN(C(=O)NCCc2ncon2)C1. The van der Waals surface area contributed by atoms with Crippen LogP contribution in [0.1, 0.15) is 18.7 Å². The van der Waals surface area contributed by atoms with Crippen molar-refractivity contribution < 1.29 is 19.2 Å². The summed E-state index contributed by atoms with van der Waals surface area (Å²) in [4.78, 5) is 28.1. The Bertz CT molecular complexity index is 434. The molecule has 1 aromatic heterocycles. The molecular formula is C11H16N4O4. The van der Waals surface area contributed by atoms with Crippen LogP contribution in [0.5, 0.6) is 0 Å². The van der Waals surface area contributed by atoms with E-state index >= 15 is 0 Å². The van der Waals surface area contributed by atoms with Crippen LogP contribution in [-0.4, -0.2) is 51.8 Å². The first kappa shape index (κ1) is 13.3. The number of carbonyl (C=O) groups excluding carboxylic acids is 1. The van der Waals surface area contributed by atoms with Gasteiger partial charge in [-0.15, -0.1) is 0 Å². The van der Waals surface area contributed by atoms with E-state index in [-0.39, 0.29) is 12.6 Å². The summed E-state index contributed by atoms with van der Waals surface area (Å²) < 4.78 is 4.58. The zero-order chi connectivity index (χ0) is 13.7. The maximum atomic E-state index is 11.9. The number of carboxylic acid groups (broad SMARTS) is 1. The van der Waals surface area contributed by atoms with Crippen LogP contribution in [0.25, 0.3) is 0 Å². The van der Waals surface area contributed by atoms with Gasteiger partial charge in [0.05, 0.1) is 5.92 Å². The van der Waals surface area contributed by atoms with Crippen LogP contribution in [0.15, 0.2) is 10.9 Å². The first-order chi connectivity index (χ1) is 9.16. The fourth-order valence-electron chi connectivity index (χ4n) is 2.06. The summed E-state index contributed by atoms with van der Waals surface area (Å²) in [7, 11) is 0. The summed E-state index contributed by atoms with van der Waals surface area (Å²) in [5, 5.41) is 15.3. The number of aliphatic carboxylic acids is 1. The van der Waals surface area contributed by atoms with E-state index in [0.29, 0.717) is 31.8 Å². The average molecular weight is 268 g/mol. The van der Waals surface area contributed by atoms with Crippen molar-refractivity contribution in [1.82, 2.24) is 20.4 Å². The number of amides is 2. The molecule has 8 nitrogen and oxygen atoms in total. The van der Waals surface area contributed by atoms with E-state index < -0.39 is 11.9 Å². The molecule has 1 atom stereocenters. The topological polar surface area (TPSA) is 109 Å². The molecule has 1 fully saturated rings. The Labute approximate surface area is 109 Å². The van der Waals surface area contributed by atoms with Gasteiger partial charge in [0.1, 0.15) is 0 Å². The number of hydrogen-bond acceptors (Lipinski definition) is 5. The molecule has 2 amide bonds. The van der Waals surface area contributed by atoms with Gasteiger partial charge < -0.3 is 19.8 Å². The van der Waals surface area contributed by atoms with Crippen molar-refractivity contribution in [3.05, 3.63) is 12.2 Å². The van der Waals surface area contributed by atoms with Crippen LogP contribution < -0.4 is 5.32 Å². The molecule has 2 rings (SSSR count). The number of nitrogens with zero attached hydrogens (tertiary/aromatic N) is 3. The smallest absolute Gasteiger partial charge is 0.317 e. The summed E-state index contributed by atoms with van der Waals surface area (Å²) in [5.41, 5.74) is 0. The lowest BCUT2D eigenvalue weighted by atomic mass is 9.99. The summed E-state index contributed by atoms with van der Waals surface area (Å²) in [6.07, 6.45) is 3.06. The number of carbonyl (C=O) groups is 2. The number of carboxylic acids is 1. The zero-order valence-electron chi connectivity index (χ0n) is 10.4. The van der Waals surface area contributed by atoms with Crippen molar-refractivity contribution in [2.24, 2.45) is 5.92 Å². The molecular weight excluding hydrogens is 252 g/mol. The number of likely N-dealkylation sites (tertiary alicyclic amines) is 1. The largest absolute Gasteiger partial charge is 0.481 e. The zero-order valence-corrected chi connectivity index (χ0v) is 10.4. The molecule has 19 heavy (non-hydrogen) atoms. The van der Waals surface area contributed by atoms with E-state index in [1.807, 2.05) is 0 Å². The predicted octanol–water partition coefficient (Wildman–Crippen LogP) is 0.118. The van der Waals surface area contributed by atoms with Crippen molar-refractivity contribution >= 4 is 12.0 Å². The quantitative estimate of drug-likeness (QED) is 0.802. The number of hydrogen-bond donors (Lipinski definition) is 2. The van der Waals surface area contributed by atoms with E-state index in [2.05, 4.69) is 20.0 Å². The fourth-order valence-corrected chi connectivity index (χ4v) is 2.06. The van der Waals surface area contributed by atoms with Gasteiger partial charge in [0, 0.05) is 26.1 Å². The maximum Gasteiger partial charge on any atom is 0.317 e. The second kappa shape index (κ2) is 6.17. The molecule has 1 aliphatic rings. The van der Waals surface area contributed by atoms with E-state index in [4.69, 9.17) is 5.11 Å². The van der Waals surface area contributed by atoms with Gasteiger partial charge in [-0.05, 0) is 12.8 Å². The number of nitrogens with one attached hydrogen (secondary N) is 1. The van der Waals surface area contributed by atoms with Crippen molar-refractivity contribution in [3.63, 3.8) is 0 Å². The number of rotatable bonds is 4. The van der Waals surface area contributed by atoms with Gasteiger partial charge in [0.2, 0.25) is 6.39 Å². The van der Waals surface area contributed by atoms with E-state index in [1.165, 1.54) is 6.39 Å². The van der Waals surface area contributed by atoms with E-state index in [0.717, 1.165) is 6.42 Å². The third-order valence-electron chi connectivity index (χ3n) is 3.09. The molecule has 0 saturated carbocycles. The Morgan fingerprint density at radius 3 is 3.11 bits per heavy atom. The highest BCUT2D eigenvalue weighted by molar-refractivity contribution is 5.76. The van der Waals surface area contributed by atoms with Crippen LogP contribution in [0.2, 0.25) is 0 Å². The molecule has 1 aliphatic heterocycles. The Morgan fingerprint density at radius 1 is 1.58 bits per heavy atom. The third-order valence-corrected chi connectivity index (χ3v) is 3.09. The summed E-state index contributed by atoms with van der Waals surface area (Å²) in [6.45, 7) is 1.26. The highest BCUT2D eigenvalue weighted by Gasteiger charge is 2.27. The molecule has 1 saturated heterocycles. The molecule has 8 heteroatoms. The Morgan fingerprint density at radius 2 is 2.42 bits per heavy atom. The minimum Gasteiger partial charge on any atom is -0.481 e. The van der Waals surface area contributed by atoms with E-state index in [1.54, 1.807) is 4.90 Å². The third kappa shape index (κ3) is 3.67. The predicted molar refractivity (Wildman–Crippen MR) is 63.3 cm³/mol. The normalized spacial score (nSPS) is 19.2. The second-order valence-corrected chi connectivity index (χ2v) is 4.45. The highest BCUT2D eigenvalue weighted by Crippen LogP contribution is 2.16. The van der Waals surface area contributed by atoms with Crippen LogP contribution in [-0.2, 0) is 11.2 Å². The van der Waals surface area contributed by atoms with Crippen molar-refractivity contribution in [2.75, 3.05) is 19.6 Å². The lowest BCUT2D eigenvalue weighted by molar-refractivity contribution is -0.143. The first-order valence-corrected chi connectivity index (χ1v) is 6.17. The van der Waals surface area contributed by atoms with E-state index in [9.17, 15) is 9.59 Å². The molecule has 0 bridgehead atoms. The molecule has 1 aromatic rings. The fraction of sp³-hybridized carbons (Fsp3) is 0.636. The van der Waals surface area contributed by atoms with Crippen LogP contribution >= 0.6 is 0 Å². The monoisotopic (exact) mass is 268 g/mol. The average Bonchev–Trinajstić information content (AvgIpc) is 2.92. The standard InChI is InChI=1S/C11H16N4O4/c16-10(17)8-2-1-5-15(6-8)11(18)12-4-3-9-13-7-19-14-9/h7-8H,1-6H2,(H,12,18)(H,16,17). The lowest BCUT2D eigenvalue weighted by Gasteiger charge is -2.30. The summed E-state index contributed by atoms with van der Waals surface area (Å²) in [5.74, 6) is -0.775. The molecule has 0 aromatic carbocycles. The van der Waals surface area contributed by atoms with Gasteiger partial charge in [-0.3, -0.25) is 4.79 Å². The molecule has 0 aliphatic carbocycles. The van der Waals surface area contributed by atoms with Crippen molar-refractivity contribution in [1.29, 1.82) is 0 Å². The summed E-state index contributed by atoms with van der Waals surface area (Å²) >= 11 is 0. The Balaban J connectivity index is 1.74. The second-order valence-electron chi connectivity index (χ2n) is 4.45. The molecule has 2 N–H and O–H groups in total. The van der Waals surface area contributed by atoms with Crippen molar-refractivity contribution in [3.8, 4) is 0 Å². The van der Waals surface area contributed by atoms with Crippen LogP contribution in [0.3, 0.4) is 0 Å². The lowest BCUT2D eigenvalue weighted by Crippen LogP contribution is -2.47. The van der Waals surface area contributed by atoms with Gasteiger partial charge in [-0.25, -0.2) is 4.79 Å². The molecule has 2 heterocycles. The van der Waals surface area contributed by atoms with Crippen LogP contribution in [0.4, 0.5) is 4.79 Å².